The van der Waals surface area contributed by atoms with Crippen molar-refractivity contribution in [3.8, 4) is 23.7 Å². The fraction of sp³-hybridized carbons (Fsp3) is 0.308. The van der Waals surface area contributed by atoms with E-state index >= 15 is 0 Å². The molecule has 0 spiro atoms. The van der Waals surface area contributed by atoms with Gasteiger partial charge in [-0.25, -0.2) is 0 Å². The average Bonchev–Trinajstić information content (AvgIpc) is 2.25. The molecule has 3 nitrogen and oxygen atoms in total. The number of methoxy groups -OCH3 is 1. The van der Waals surface area contributed by atoms with E-state index < -0.39 is 5.54 Å². The number of hydrogen-bond acceptors (Lipinski definition) is 3. The smallest absolute Gasteiger partial charge is 0.134 e. The molecule has 0 unspecified atom stereocenters. The molecule has 0 radical (unpaired) electrons. The van der Waals surface area contributed by atoms with Crippen molar-refractivity contribution >= 4 is 0 Å². The van der Waals surface area contributed by atoms with Crippen LogP contribution in [0.3, 0.4) is 0 Å². The van der Waals surface area contributed by atoms with Crippen LogP contribution in [0.4, 0.5) is 0 Å². The molecule has 1 rings (SSSR count). The zero-order valence-electron chi connectivity index (χ0n) is 9.66. The van der Waals surface area contributed by atoms with E-state index in [0.717, 1.165) is 0 Å². The molecule has 0 aromatic heterocycles. The summed E-state index contributed by atoms with van der Waals surface area (Å²) in [5.74, 6) is 6.48. The van der Waals surface area contributed by atoms with Crippen molar-refractivity contribution in [2.45, 2.75) is 19.4 Å². The van der Waals surface area contributed by atoms with Gasteiger partial charge in [0.15, 0.2) is 0 Å². The highest BCUT2D eigenvalue weighted by Crippen LogP contribution is 2.18. The number of rotatable bonds is 1. The van der Waals surface area contributed by atoms with Crippen molar-refractivity contribution in [3.05, 3.63) is 29.3 Å². The lowest BCUT2D eigenvalue weighted by molar-refractivity contribution is 0.413. The van der Waals surface area contributed by atoms with Crippen molar-refractivity contribution in [3.63, 3.8) is 0 Å². The van der Waals surface area contributed by atoms with Crippen LogP contribution in [0.2, 0.25) is 0 Å². The summed E-state index contributed by atoms with van der Waals surface area (Å²) < 4.78 is 5.16. The lowest BCUT2D eigenvalue weighted by Gasteiger charge is -2.08. The Morgan fingerprint density at radius 2 is 2.06 bits per heavy atom. The Bertz CT molecular complexity index is 481. The molecule has 0 saturated carbocycles. The van der Waals surface area contributed by atoms with E-state index in [4.69, 9.17) is 15.7 Å². The third-order valence-corrected chi connectivity index (χ3v) is 1.85. The maximum atomic E-state index is 8.79. The Morgan fingerprint density at radius 3 is 2.56 bits per heavy atom. The number of ether oxygens (including phenoxy) is 1. The van der Waals surface area contributed by atoms with Crippen LogP contribution in [-0.2, 0) is 0 Å². The molecule has 1 aromatic rings. The van der Waals surface area contributed by atoms with Gasteiger partial charge in [0.25, 0.3) is 0 Å². The second kappa shape index (κ2) is 4.70. The van der Waals surface area contributed by atoms with Gasteiger partial charge in [0, 0.05) is 0 Å². The molecular weight excluding hydrogens is 200 g/mol. The molecule has 0 bridgehead atoms. The minimum atomic E-state index is -0.562. The molecular formula is C13H14N2O. The van der Waals surface area contributed by atoms with E-state index in [1.807, 2.05) is 13.8 Å². The summed E-state index contributed by atoms with van der Waals surface area (Å²) in [4.78, 5) is 0. The van der Waals surface area contributed by atoms with Crippen molar-refractivity contribution in [1.29, 1.82) is 5.26 Å². The average molecular weight is 214 g/mol. The lowest BCUT2D eigenvalue weighted by atomic mass is 10.1. The molecule has 1 aromatic carbocycles. The van der Waals surface area contributed by atoms with Gasteiger partial charge in [-0.2, -0.15) is 5.26 Å². The lowest BCUT2D eigenvalue weighted by Crippen LogP contribution is -2.29. The fourth-order valence-corrected chi connectivity index (χ4v) is 1.10. The first-order chi connectivity index (χ1) is 7.46. The SMILES string of the molecule is COc1ccc(C#N)cc1C#CC(C)(C)N. The second-order valence-corrected chi connectivity index (χ2v) is 4.00. The second-order valence-electron chi connectivity index (χ2n) is 4.00. The molecule has 0 aliphatic heterocycles. The zero-order chi connectivity index (χ0) is 12.2. The van der Waals surface area contributed by atoms with Gasteiger partial charge < -0.3 is 10.5 Å². The van der Waals surface area contributed by atoms with Gasteiger partial charge in [0.2, 0.25) is 0 Å². The van der Waals surface area contributed by atoms with Crippen LogP contribution in [0.15, 0.2) is 18.2 Å². The summed E-state index contributed by atoms with van der Waals surface area (Å²) >= 11 is 0. The Balaban J connectivity index is 3.19. The first-order valence-corrected chi connectivity index (χ1v) is 4.86. The summed E-state index contributed by atoms with van der Waals surface area (Å²) in [6.45, 7) is 3.64. The Labute approximate surface area is 95.8 Å². The highest BCUT2D eigenvalue weighted by Gasteiger charge is 2.06. The first kappa shape index (κ1) is 12.1. The molecule has 0 atom stereocenters. The molecule has 0 aliphatic rings. The van der Waals surface area contributed by atoms with E-state index in [1.165, 1.54) is 0 Å². The number of nitrogens with two attached hydrogens (primary N) is 1. The molecule has 0 saturated heterocycles. The van der Waals surface area contributed by atoms with Gasteiger partial charge in [0.1, 0.15) is 5.75 Å². The van der Waals surface area contributed by atoms with Gasteiger partial charge in [0.05, 0.1) is 29.8 Å². The first-order valence-electron chi connectivity index (χ1n) is 4.86. The van der Waals surface area contributed by atoms with Crippen molar-refractivity contribution in [1.82, 2.24) is 0 Å². The van der Waals surface area contributed by atoms with Crippen LogP contribution < -0.4 is 10.5 Å². The standard InChI is InChI=1S/C13H14N2O/c1-13(2,15)7-6-11-8-10(9-14)4-5-12(11)16-3/h4-5,8H,15H2,1-3H3. The van der Waals surface area contributed by atoms with Crippen LogP contribution in [0.25, 0.3) is 0 Å². The van der Waals surface area contributed by atoms with Gasteiger partial charge in [-0.1, -0.05) is 11.8 Å². The quantitative estimate of drug-likeness (QED) is 0.723. The van der Waals surface area contributed by atoms with Crippen molar-refractivity contribution in [2.24, 2.45) is 5.73 Å². The van der Waals surface area contributed by atoms with E-state index in [0.29, 0.717) is 16.9 Å². The predicted molar refractivity (Wildman–Crippen MR) is 62.9 cm³/mol. The number of nitrogens with zero attached hydrogens (tertiary/aromatic N) is 1. The van der Waals surface area contributed by atoms with E-state index in [-0.39, 0.29) is 0 Å². The van der Waals surface area contributed by atoms with Crippen LogP contribution >= 0.6 is 0 Å². The van der Waals surface area contributed by atoms with Gasteiger partial charge in [-0.3, -0.25) is 0 Å². The largest absolute Gasteiger partial charge is 0.495 e. The Hall–Kier alpha value is -1.97. The molecule has 0 fully saturated rings. The zero-order valence-corrected chi connectivity index (χ0v) is 9.66. The molecule has 82 valence electrons. The molecule has 0 amide bonds. The van der Waals surface area contributed by atoms with Crippen molar-refractivity contribution in [2.75, 3.05) is 7.11 Å². The normalized spacial score (nSPS) is 9.94. The predicted octanol–water partition coefficient (Wildman–Crippen LogP) is 1.66. The van der Waals surface area contributed by atoms with Crippen molar-refractivity contribution < 1.29 is 4.74 Å². The highest BCUT2D eigenvalue weighted by molar-refractivity contribution is 5.51. The monoisotopic (exact) mass is 214 g/mol. The van der Waals surface area contributed by atoms with E-state index in [1.54, 1.807) is 25.3 Å². The highest BCUT2D eigenvalue weighted by atomic mass is 16.5. The molecule has 0 aliphatic carbocycles. The topological polar surface area (TPSA) is 59.0 Å². The van der Waals surface area contributed by atoms with Crippen LogP contribution in [0.1, 0.15) is 25.0 Å². The van der Waals surface area contributed by atoms with Crippen LogP contribution in [-0.4, -0.2) is 12.6 Å². The number of nitriles is 1. The van der Waals surface area contributed by atoms with Gasteiger partial charge in [-0.15, -0.1) is 0 Å². The summed E-state index contributed by atoms with van der Waals surface area (Å²) in [5.41, 5.74) is 6.44. The Morgan fingerprint density at radius 1 is 1.38 bits per heavy atom. The summed E-state index contributed by atoms with van der Waals surface area (Å²) in [7, 11) is 1.57. The minimum Gasteiger partial charge on any atom is -0.495 e. The summed E-state index contributed by atoms with van der Waals surface area (Å²) in [5, 5.41) is 8.79. The number of benzene rings is 1. The molecule has 0 heterocycles. The van der Waals surface area contributed by atoms with E-state index in [9.17, 15) is 0 Å². The summed E-state index contributed by atoms with van der Waals surface area (Å²) in [6, 6.07) is 7.17. The van der Waals surface area contributed by atoms with E-state index in [2.05, 4.69) is 17.9 Å². The maximum Gasteiger partial charge on any atom is 0.134 e. The van der Waals surface area contributed by atoms with Gasteiger partial charge in [-0.05, 0) is 32.0 Å². The van der Waals surface area contributed by atoms with Gasteiger partial charge >= 0.3 is 0 Å². The molecule has 2 N–H and O–H groups in total. The molecule has 3 heteroatoms. The summed E-state index contributed by atoms with van der Waals surface area (Å²) in [6.07, 6.45) is 0. The maximum absolute atomic E-state index is 8.79. The fourth-order valence-electron chi connectivity index (χ4n) is 1.10. The minimum absolute atomic E-state index is 0.555. The Kier molecular flexibility index (Phi) is 3.55. The molecule has 16 heavy (non-hydrogen) atoms. The van der Waals surface area contributed by atoms with Crippen LogP contribution in [0, 0.1) is 23.2 Å². The number of hydrogen-bond donors (Lipinski definition) is 1. The van der Waals surface area contributed by atoms with Crippen LogP contribution in [0.5, 0.6) is 5.75 Å². The third-order valence-electron chi connectivity index (χ3n) is 1.85. The third kappa shape index (κ3) is 3.31.